The van der Waals surface area contributed by atoms with Crippen LogP contribution in [0.3, 0.4) is 0 Å². The van der Waals surface area contributed by atoms with Crippen LogP contribution in [0.25, 0.3) is 11.3 Å². The molecule has 6 nitrogen and oxygen atoms in total. The number of H-pyrrole nitrogens is 1. The molecule has 15 heavy (non-hydrogen) atoms. The first kappa shape index (κ1) is 9.20. The molecule has 6 heteroatoms. The number of nitrogens with one attached hydrogen (secondary N) is 1. The second-order valence-electron chi connectivity index (χ2n) is 2.92. The van der Waals surface area contributed by atoms with E-state index in [4.69, 9.17) is 5.84 Å². The second-order valence-corrected chi connectivity index (χ2v) is 2.92. The van der Waals surface area contributed by atoms with Crippen molar-refractivity contribution in [3.8, 4) is 11.3 Å². The van der Waals surface area contributed by atoms with Crippen LogP contribution in [0.5, 0.6) is 0 Å². The first-order chi connectivity index (χ1) is 7.18. The molecule has 76 valence electrons. The van der Waals surface area contributed by atoms with Gasteiger partial charge in [-0.25, -0.2) is 4.79 Å². The number of hydrogen-bond donors (Lipinski definition) is 2. The fourth-order valence-electron chi connectivity index (χ4n) is 1.20. The van der Waals surface area contributed by atoms with Crippen molar-refractivity contribution in [2.24, 2.45) is 0 Å². The van der Waals surface area contributed by atoms with Crippen LogP contribution in [0.2, 0.25) is 0 Å². The Morgan fingerprint density at radius 2 is 1.87 bits per heavy atom. The molecule has 2 aromatic rings. The number of benzene rings is 1. The lowest BCUT2D eigenvalue weighted by molar-refractivity contribution is 0.719. The third-order valence-corrected chi connectivity index (χ3v) is 1.90. The summed E-state index contributed by atoms with van der Waals surface area (Å²) in [7, 11) is 0. The summed E-state index contributed by atoms with van der Waals surface area (Å²) < 4.78 is 0. The Morgan fingerprint density at radius 1 is 1.20 bits per heavy atom. The molecule has 0 radical (unpaired) electrons. The Labute approximate surface area is 84.0 Å². The minimum absolute atomic E-state index is 0.123. The van der Waals surface area contributed by atoms with Crippen molar-refractivity contribution in [1.82, 2.24) is 14.9 Å². The summed E-state index contributed by atoms with van der Waals surface area (Å²) in [6.45, 7) is 0. The summed E-state index contributed by atoms with van der Waals surface area (Å²) in [6, 6.07) is 8.77. The number of nitrogen functional groups attached to an aromatic ring is 1. The van der Waals surface area contributed by atoms with Gasteiger partial charge in [0.1, 0.15) is 0 Å². The predicted octanol–water partition coefficient (Wildman–Crippen LogP) is -0.688. The molecule has 0 fully saturated rings. The standard InChI is InChI=1S/C9H8N4O2/c10-13-9(15)11-8(14)7(12-13)6-4-2-1-3-5-6/h1-5H,10H2,(H,11,14,15). The van der Waals surface area contributed by atoms with Crippen molar-refractivity contribution in [1.29, 1.82) is 0 Å². The smallest absolute Gasteiger partial charge is 0.318 e. The van der Waals surface area contributed by atoms with E-state index in [1.807, 2.05) is 6.07 Å². The third-order valence-electron chi connectivity index (χ3n) is 1.90. The molecule has 0 atom stereocenters. The average molecular weight is 204 g/mol. The molecular weight excluding hydrogens is 196 g/mol. The van der Waals surface area contributed by atoms with Crippen LogP contribution in [0, 0.1) is 0 Å². The van der Waals surface area contributed by atoms with Crippen LogP contribution in [-0.4, -0.2) is 14.9 Å². The van der Waals surface area contributed by atoms with Gasteiger partial charge >= 0.3 is 5.69 Å². The van der Waals surface area contributed by atoms with E-state index in [2.05, 4.69) is 10.1 Å². The third kappa shape index (κ3) is 1.64. The second kappa shape index (κ2) is 3.41. The fourth-order valence-corrected chi connectivity index (χ4v) is 1.20. The normalized spacial score (nSPS) is 10.1. The van der Waals surface area contributed by atoms with Gasteiger partial charge in [0.15, 0.2) is 5.69 Å². The lowest BCUT2D eigenvalue weighted by Gasteiger charge is -2.00. The van der Waals surface area contributed by atoms with Crippen molar-refractivity contribution in [3.63, 3.8) is 0 Å². The maximum absolute atomic E-state index is 11.4. The Balaban J connectivity index is 2.70. The van der Waals surface area contributed by atoms with Crippen LogP contribution in [0.1, 0.15) is 0 Å². The topological polar surface area (TPSA) is 93.8 Å². The zero-order valence-corrected chi connectivity index (χ0v) is 7.68. The van der Waals surface area contributed by atoms with Crippen LogP contribution in [0.4, 0.5) is 0 Å². The van der Waals surface area contributed by atoms with Gasteiger partial charge in [0.25, 0.3) is 5.56 Å². The van der Waals surface area contributed by atoms with Crippen molar-refractivity contribution in [2.45, 2.75) is 0 Å². The molecule has 0 aliphatic carbocycles. The first-order valence-electron chi connectivity index (χ1n) is 4.22. The Hall–Kier alpha value is -2.37. The van der Waals surface area contributed by atoms with Crippen LogP contribution < -0.4 is 17.1 Å². The van der Waals surface area contributed by atoms with Gasteiger partial charge in [-0.05, 0) is 0 Å². The quantitative estimate of drug-likeness (QED) is 0.601. The fraction of sp³-hybridized carbons (Fsp3) is 0. The SMILES string of the molecule is Nn1nc(-c2ccccc2)c(=O)[nH]c1=O. The highest BCUT2D eigenvalue weighted by Crippen LogP contribution is 2.09. The van der Waals surface area contributed by atoms with Crippen molar-refractivity contribution in [2.75, 3.05) is 5.84 Å². The molecule has 0 amide bonds. The molecule has 3 N–H and O–H groups in total. The summed E-state index contributed by atoms with van der Waals surface area (Å²) in [5.74, 6) is 5.25. The Bertz CT molecular complexity index is 585. The Morgan fingerprint density at radius 3 is 2.53 bits per heavy atom. The lowest BCUT2D eigenvalue weighted by atomic mass is 10.2. The first-order valence-corrected chi connectivity index (χ1v) is 4.22. The zero-order valence-electron chi connectivity index (χ0n) is 7.68. The minimum Gasteiger partial charge on any atom is -0.318 e. The van der Waals surface area contributed by atoms with Crippen molar-refractivity contribution < 1.29 is 0 Å². The van der Waals surface area contributed by atoms with Gasteiger partial charge in [-0.15, -0.1) is 9.89 Å². The number of rotatable bonds is 1. The van der Waals surface area contributed by atoms with Gasteiger partial charge in [-0.3, -0.25) is 9.78 Å². The molecule has 0 aliphatic heterocycles. The highest BCUT2D eigenvalue weighted by molar-refractivity contribution is 5.56. The molecule has 0 saturated heterocycles. The van der Waals surface area contributed by atoms with Crippen LogP contribution in [-0.2, 0) is 0 Å². The van der Waals surface area contributed by atoms with Crippen molar-refractivity contribution in [3.05, 3.63) is 51.2 Å². The lowest BCUT2D eigenvalue weighted by Crippen LogP contribution is -2.37. The summed E-state index contributed by atoms with van der Waals surface area (Å²) in [6.07, 6.45) is 0. The van der Waals surface area contributed by atoms with E-state index in [-0.39, 0.29) is 5.69 Å². The van der Waals surface area contributed by atoms with E-state index in [1.165, 1.54) is 0 Å². The number of nitrogens with zero attached hydrogens (tertiary/aromatic N) is 2. The molecule has 0 unspecified atom stereocenters. The van der Waals surface area contributed by atoms with Gasteiger partial charge in [0.05, 0.1) is 0 Å². The molecular formula is C9H8N4O2. The molecule has 1 heterocycles. The van der Waals surface area contributed by atoms with Crippen LogP contribution in [0.15, 0.2) is 39.9 Å². The highest BCUT2D eigenvalue weighted by Gasteiger charge is 2.06. The molecule has 0 bridgehead atoms. The van der Waals surface area contributed by atoms with E-state index in [0.29, 0.717) is 10.4 Å². The largest absolute Gasteiger partial charge is 0.364 e. The van der Waals surface area contributed by atoms with Gasteiger partial charge in [0.2, 0.25) is 0 Å². The van der Waals surface area contributed by atoms with E-state index in [1.54, 1.807) is 24.3 Å². The van der Waals surface area contributed by atoms with Gasteiger partial charge < -0.3 is 5.84 Å². The highest BCUT2D eigenvalue weighted by atomic mass is 16.2. The summed E-state index contributed by atoms with van der Waals surface area (Å²) in [5, 5.41) is 3.68. The monoisotopic (exact) mass is 204 g/mol. The predicted molar refractivity (Wildman–Crippen MR) is 54.7 cm³/mol. The summed E-state index contributed by atoms with van der Waals surface area (Å²) in [5.41, 5.74) is -0.553. The molecule has 0 spiro atoms. The maximum Gasteiger partial charge on any atom is 0.364 e. The molecule has 1 aromatic carbocycles. The van der Waals surface area contributed by atoms with E-state index in [9.17, 15) is 9.59 Å². The molecule has 1 aromatic heterocycles. The molecule has 2 rings (SSSR count). The van der Waals surface area contributed by atoms with Crippen molar-refractivity contribution >= 4 is 0 Å². The van der Waals surface area contributed by atoms with Gasteiger partial charge in [-0.2, -0.15) is 0 Å². The number of aromatic nitrogens is 3. The zero-order chi connectivity index (χ0) is 10.8. The van der Waals surface area contributed by atoms with Gasteiger partial charge in [0, 0.05) is 5.56 Å². The van der Waals surface area contributed by atoms with Gasteiger partial charge in [-0.1, -0.05) is 30.3 Å². The maximum atomic E-state index is 11.4. The number of nitrogens with two attached hydrogens (primary N) is 1. The summed E-state index contributed by atoms with van der Waals surface area (Å²) in [4.78, 5) is 25.0. The average Bonchev–Trinajstić information content (AvgIpc) is 2.25. The van der Waals surface area contributed by atoms with E-state index >= 15 is 0 Å². The van der Waals surface area contributed by atoms with E-state index < -0.39 is 11.2 Å². The summed E-state index contributed by atoms with van der Waals surface area (Å²) >= 11 is 0. The molecule has 0 aliphatic rings. The number of hydrogen-bond acceptors (Lipinski definition) is 4. The minimum atomic E-state index is -0.736. The van der Waals surface area contributed by atoms with E-state index in [0.717, 1.165) is 0 Å². The number of aromatic amines is 1. The Kier molecular flexibility index (Phi) is 2.09. The van der Waals surface area contributed by atoms with Crippen LogP contribution >= 0.6 is 0 Å². The molecule has 0 saturated carbocycles.